The van der Waals surface area contributed by atoms with Gasteiger partial charge in [0.05, 0.1) is 18.1 Å². The van der Waals surface area contributed by atoms with E-state index in [9.17, 15) is 0 Å². The third kappa shape index (κ3) is 3.51. The van der Waals surface area contributed by atoms with Gasteiger partial charge in [0.1, 0.15) is 11.6 Å². The Labute approximate surface area is 158 Å². The highest BCUT2D eigenvalue weighted by Crippen LogP contribution is 2.28. The highest BCUT2D eigenvalue weighted by molar-refractivity contribution is 7.80. The number of anilines is 1. The van der Waals surface area contributed by atoms with Crippen molar-refractivity contribution < 1.29 is 4.74 Å². The Bertz CT molecular complexity index is 865. The minimum atomic E-state index is 0.461. The number of hydrogen-bond donors (Lipinski definition) is 2. The van der Waals surface area contributed by atoms with Crippen molar-refractivity contribution in [1.29, 1.82) is 0 Å². The molecule has 1 fully saturated rings. The van der Waals surface area contributed by atoms with Crippen LogP contribution < -0.4 is 10.1 Å². The van der Waals surface area contributed by atoms with Gasteiger partial charge < -0.3 is 19.9 Å². The Balaban J connectivity index is 1.35. The van der Waals surface area contributed by atoms with Crippen molar-refractivity contribution >= 4 is 34.1 Å². The SMILES string of the molecule is COc1ccc(NC(=S)N2CCC(c3nc4ccccc4[nH]3)CC2)cc1. The van der Waals surface area contributed by atoms with Crippen LogP contribution >= 0.6 is 12.2 Å². The van der Waals surface area contributed by atoms with Gasteiger partial charge in [-0.15, -0.1) is 0 Å². The van der Waals surface area contributed by atoms with E-state index in [1.165, 1.54) is 0 Å². The van der Waals surface area contributed by atoms with Gasteiger partial charge in [0, 0.05) is 24.7 Å². The number of piperidine rings is 1. The number of rotatable bonds is 3. The topological polar surface area (TPSA) is 53.2 Å². The molecule has 134 valence electrons. The third-order valence-corrected chi connectivity index (χ3v) is 5.28. The predicted molar refractivity (Wildman–Crippen MR) is 109 cm³/mol. The van der Waals surface area contributed by atoms with E-state index in [0.717, 1.165) is 59.3 Å². The summed E-state index contributed by atoms with van der Waals surface area (Å²) in [6, 6.07) is 16.0. The molecule has 0 amide bonds. The summed E-state index contributed by atoms with van der Waals surface area (Å²) in [5, 5.41) is 4.09. The van der Waals surface area contributed by atoms with E-state index >= 15 is 0 Å². The minimum absolute atomic E-state index is 0.461. The quantitative estimate of drug-likeness (QED) is 0.682. The lowest BCUT2D eigenvalue weighted by Crippen LogP contribution is -2.40. The van der Waals surface area contributed by atoms with Crippen LogP contribution in [0.2, 0.25) is 0 Å². The summed E-state index contributed by atoms with van der Waals surface area (Å²) in [6.07, 6.45) is 2.09. The summed E-state index contributed by atoms with van der Waals surface area (Å²) < 4.78 is 5.19. The minimum Gasteiger partial charge on any atom is -0.497 e. The molecular formula is C20H22N4OS. The Morgan fingerprint density at radius 1 is 1.15 bits per heavy atom. The summed E-state index contributed by atoms with van der Waals surface area (Å²) in [6.45, 7) is 1.87. The number of benzene rings is 2. The lowest BCUT2D eigenvalue weighted by Gasteiger charge is -2.33. The number of nitrogens with one attached hydrogen (secondary N) is 2. The molecule has 6 heteroatoms. The summed E-state index contributed by atoms with van der Waals surface area (Å²) in [5.74, 6) is 2.40. The van der Waals surface area contributed by atoms with Gasteiger partial charge >= 0.3 is 0 Å². The van der Waals surface area contributed by atoms with Crippen LogP contribution in [0.15, 0.2) is 48.5 Å². The number of fused-ring (bicyclic) bond motifs is 1. The zero-order valence-electron chi connectivity index (χ0n) is 14.7. The largest absolute Gasteiger partial charge is 0.497 e. The summed E-state index contributed by atoms with van der Waals surface area (Å²) in [4.78, 5) is 10.5. The number of methoxy groups -OCH3 is 1. The summed E-state index contributed by atoms with van der Waals surface area (Å²) >= 11 is 5.59. The Morgan fingerprint density at radius 2 is 1.88 bits per heavy atom. The average molecular weight is 366 g/mol. The van der Waals surface area contributed by atoms with Gasteiger partial charge in [0.2, 0.25) is 0 Å². The third-order valence-electron chi connectivity index (χ3n) is 4.92. The molecule has 3 aromatic rings. The molecule has 0 bridgehead atoms. The van der Waals surface area contributed by atoms with Crippen LogP contribution in [-0.2, 0) is 0 Å². The molecule has 0 aliphatic carbocycles. The molecule has 26 heavy (non-hydrogen) atoms. The second kappa shape index (κ2) is 7.33. The molecule has 2 heterocycles. The molecule has 2 N–H and O–H groups in total. The Morgan fingerprint density at radius 3 is 2.58 bits per heavy atom. The van der Waals surface area contributed by atoms with Crippen LogP contribution in [0.5, 0.6) is 5.75 Å². The van der Waals surface area contributed by atoms with Crippen LogP contribution in [0.1, 0.15) is 24.6 Å². The van der Waals surface area contributed by atoms with Crippen LogP contribution in [0, 0.1) is 0 Å². The van der Waals surface area contributed by atoms with Gasteiger partial charge in [0.25, 0.3) is 0 Å². The number of imidazole rings is 1. The molecule has 0 saturated carbocycles. The number of aromatic nitrogens is 2. The first-order valence-corrected chi connectivity index (χ1v) is 9.28. The van der Waals surface area contributed by atoms with E-state index in [0.29, 0.717) is 5.92 Å². The van der Waals surface area contributed by atoms with E-state index in [1.54, 1.807) is 7.11 Å². The standard InChI is InChI=1S/C20H22N4OS/c1-25-16-8-6-15(7-9-16)21-20(26)24-12-10-14(11-13-24)19-22-17-4-2-3-5-18(17)23-19/h2-9,14H,10-13H2,1H3,(H,21,26)(H,22,23). The molecule has 4 rings (SSSR count). The smallest absolute Gasteiger partial charge is 0.173 e. The number of para-hydroxylation sites is 2. The molecule has 1 aromatic heterocycles. The zero-order valence-corrected chi connectivity index (χ0v) is 15.6. The number of aromatic amines is 1. The number of likely N-dealkylation sites (tertiary alicyclic amines) is 1. The van der Waals surface area contributed by atoms with Crippen LogP contribution in [0.3, 0.4) is 0 Å². The van der Waals surface area contributed by atoms with Crippen molar-refractivity contribution in [1.82, 2.24) is 14.9 Å². The summed E-state index contributed by atoms with van der Waals surface area (Å²) in [7, 11) is 1.67. The maximum absolute atomic E-state index is 5.59. The maximum atomic E-state index is 5.59. The monoisotopic (exact) mass is 366 g/mol. The Kier molecular flexibility index (Phi) is 4.75. The van der Waals surface area contributed by atoms with Gasteiger partial charge in [-0.2, -0.15) is 0 Å². The molecule has 0 atom stereocenters. The fourth-order valence-corrected chi connectivity index (χ4v) is 3.70. The fraction of sp³-hybridized carbons (Fsp3) is 0.300. The molecule has 0 unspecified atom stereocenters. The van der Waals surface area contributed by atoms with Crippen molar-refractivity contribution in [3.8, 4) is 5.75 Å². The number of hydrogen-bond acceptors (Lipinski definition) is 3. The average Bonchev–Trinajstić information content (AvgIpc) is 3.13. The lowest BCUT2D eigenvalue weighted by molar-refractivity contribution is 0.311. The molecule has 5 nitrogen and oxygen atoms in total. The second-order valence-corrected chi connectivity index (χ2v) is 6.95. The first-order chi connectivity index (χ1) is 12.7. The molecule has 2 aromatic carbocycles. The van der Waals surface area contributed by atoms with E-state index < -0.39 is 0 Å². The molecular weight excluding hydrogens is 344 g/mol. The van der Waals surface area contributed by atoms with Gasteiger partial charge in [-0.25, -0.2) is 4.98 Å². The van der Waals surface area contributed by atoms with Crippen LogP contribution in [0.25, 0.3) is 11.0 Å². The zero-order chi connectivity index (χ0) is 17.9. The predicted octanol–water partition coefficient (Wildman–Crippen LogP) is 4.15. The highest BCUT2D eigenvalue weighted by Gasteiger charge is 2.24. The summed E-state index contributed by atoms with van der Waals surface area (Å²) in [5.41, 5.74) is 3.14. The Hall–Kier alpha value is -2.60. The van der Waals surface area contributed by atoms with Crippen LogP contribution in [-0.4, -0.2) is 40.2 Å². The number of H-pyrrole nitrogens is 1. The normalized spacial score (nSPS) is 15.2. The van der Waals surface area contributed by atoms with Crippen molar-refractivity contribution in [3.05, 3.63) is 54.4 Å². The number of ether oxygens (including phenoxy) is 1. The van der Waals surface area contributed by atoms with Gasteiger partial charge in [-0.05, 0) is 61.5 Å². The van der Waals surface area contributed by atoms with E-state index in [-0.39, 0.29) is 0 Å². The molecule has 1 aliphatic rings. The lowest BCUT2D eigenvalue weighted by atomic mass is 9.96. The maximum Gasteiger partial charge on any atom is 0.173 e. The van der Waals surface area contributed by atoms with E-state index in [1.807, 2.05) is 36.4 Å². The molecule has 1 saturated heterocycles. The molecule has 0 radical (unpaired) electrons. The second-order valence-electron chi connectivity index (χ2n) is 6.56. The highest BCUT2D eigenvalue weighted by atomic mass is 32.1. The van der Waals surface area contributed by atoms with E-state index in [4.69, 9.17) is 21.9 Å². The van der Waals surface area contributed by atoms with Crippen molar-refractivity contribution in [2.75, 3.05) is 25.5 Å². The fourth-order valence-electron chi connectivity index (χ4n) is 3.40. The number of nitrogens with zero attached hydrogens (tertiary/aromatic N) is 2. The van der Waals surface area contributed by atoms with E-state index in [2.05, 4.69) is 27.3 Å². The molecule has 1 aliphatic heterocycles. The first kappa shape index (κ1) is 16.8. The van der Waals surface area contributed by atoms with Crippen molar-refractivity contribution in [2.45, 2.75) is 18.8 Å². The number of thiocarbonyl (C=S) groups is 1. The van der Waals surface area contributed by atoms with Gasteiger partial charge in [0.15, 0.2) is 5.11 Å². The van der Waals surface area contributed by atoms with Gasteiger partial charge in [-0.1, -0.05) is 12.1 Å². The molecule has 0 spiro atoms. The van der Waals surface area contributed by atoms with Gasteiger partial charge in [-0.3, -0.25) is 0 Å². The van der Waals surface area contributed by atoms with Crippen molar-refractivity contribution in [2.24, 2.45) is 0 Å². The van der Waals surface area contributed by atoms with Crippen molar-refractivity contribution in [3.63, 3.8) is 0 Å². The van der Waals surface area contributed by atoms with Crippen LogP contribution in [0.4, 0.5) is 5.69 Å². The first-order valence-electron chi connectivity index (χ1n) is 8.87.